The number of aromatic nitrogens is 3. The zero-order valence-electron chi connectivity index (χ0n) is 14.2. The van der Waals surface area contributed by atoms with Gasteiger partial charge in [0.2, 0.25) is 10.0 Å². The molecule has 0 spiro atoms. The van der Waals surface area contributed by atoms with Gasteiger partial charge in [0.15, 0.2) is 0 Å². The highest BCUT2D eigenvalue weighted by Gasteiger charge is 2.20. The summed E-state index contributed by atoms with van der Waals surface area (Å²) in [7, 11) is -0.242. The molecule has 2 aromatic rings. The van der Waals surface area contributed by atoms with E-state index in [-0.39, 0.29) is 4.90 Å². The van der Waals surface area contributed by atoms with Crippen LogP contribution in [0, 0.1) is 5.92 Å². The number of hydrogen-bond donors (Lipinski definition) is 1. The van der Waals surface area contributed by atoms with Crippen LogP contribution in [0.4, 0.5) is 0 Å². The van der Waals surface area contributed by atoms with E-state index in [1.807, 2.05) is 19.3 Å². The maximum atomic E-state index is 12.1. The fraction of sp³-hybridized carbons (Fsp3) is 0.529. The summed E-state index contributed by atoms with van der Waals surface area (Å²) >= 11 is 0. The Morgan fingerprint density at radius 2 is 2.00 bits per heavy atom. The van der Waals surface area contributed by atoms with Gasteiger partial charge in [-0.2, -0.15) is 0 Å². The Hall–Kier alpha value is -1.73. The fourth-order valence-corrected chi connectivity index (χ4v) is 4.19. The van der Waals surface area contributed by atoms with E-state index in [1.165, 1.54) is 39.2 Å². The van der Waals surface area contributed by atoms with Crippen molar-refractivity contribution in [2.24, 2.45) is 13.0 Å². The van der Waals surface area contributed by atoms with Crippen molar-refractivity contribution >= 4 is 10.0 Å². The van der Waals surface area contributed by atoms with Gasteiger partial charge in [0.05, 0.1) is 11.1 Å². The summed E-state index contributed by atoms with van der Waals surface area (Å²) in [5.74, 6) is 0.668. The lowest BCUT2D eigenvalue weighted by atomic mass is 9.83. The fourth-order valence-electron chi connectivity index (χ4n) is 3.43. The van der Waals surface area contributed by atoms with Crippen molar-refractivity contribution in [2.75, 3.05) is 7.05 Å². The van der Waals surface area contributed by atoms with E-state index < -0.39 is 10.0 Å². The minimum absolute atomic E-state index is 0.262. The van der Waals surface area contributed by atoms with E-state index in [2.05, 4.69) is 15.0 Å². The lowest BCUT2D eigenvalue weighted by molar-refractivity contribution is 0.357. The molecule has 0 radical (unpaired) electrons. The van der Waals surface area contributed by atoms with Gasteiger partial charge in [-0.05, 0) is 37.1 Å². The van der Waals surface area contributed by atoms with Crippen molar-refractivity contribution in [2.45, 2.75) is 43.4 Å². The first kappa shape index (κ1) is 17.1. The van der Waals surface area contributed by atoms with Crippen LogP contribution in [0.5, 0.6) is 0 Å². The third-order valence-corrected chi connectivity index (χ3v) is 6.18. The average Bonchev–Trinajstić information content (AvgIpc) is 3.02. The molecule has 0 atom stereocenters. The molecule has 0 unspecified atom stereocenters. The van der Waals surface area contributed by atoms with Crippen molar-refractivity contribution in [3.63, 3.8) is 0 Å². The Labute approximate surface area is 143 Å². The van der Waals surface area contributed by atoms with Crippen LogP contribution in [-0.4, -0.2) is 30.5 Å². The summed E-state index contributed by atoms with van der Waals surface area (Å²) in [6, 6.07) is 5.33. The molecule has 1 fully saturated rings. The Morgan fingerprint density at radius 1 is 1.25 bits per heavy atom. The molecule has 130 valence electrons. The molecule has 1 heterocycles. The second-order valence-corrected chi connectivity index (χ2v) is 8.40. The molecule has 1 saturated carbocycles. The van der Waals surface area contributed by atoms with Crippen LogP contribution in [0.25, 0.3) is 11.3 Å². The smallest absolute Gasteiger partial charge is 0.240 e. The molecule has 1 N–H and O–H groups in total. The molecule has 1 aromatic heterocycles. The summed E-state index contributed by atoms with van der Waals surface area (Å²) in [5, 5.41) is 8.18. The predicted octanol–water partition coefficient (Wildman–Crippen LogP) is 2.51. The van der Waals surface area contributed by atoms with Crippen LogP contribution in [0.3, 0.4) is 0 Å². The van der Waals surface area contributed by atoms with Gasteiger partial charge in [0, 0.05) is 12.6 Å². The first-order valence-corrected chi connectivity index (χ1v) is 9.91. The molecule has 3 rings (SSSR count). The molecular weight excluding hydrogens is 324 g/mol. The van der Waals surface area contributed by atoms with Crippen molar-refractivity contribution in [1.29, 1.82) is 0 Å². The van der Waals surface area contributed by atoms with Gasteiger partial charge in [-0.15, -0.1) is 5.10 Å². The van der Waals surface area contributed by atoms with Crippen LogP contribution in [0.2, 0.25) is 0 Å². The zero-order valence-corrected chi connectivity index (χ0v) is 15.0. The standard InChI is InChI=1S/C17H24N4O2S/c1-18-24(22,23)15-9-8-14(10-13-6-4-3-5-7-13)16(11-15)17-12-21(2)20-19-17/h8-9,11-13,18H,3-7,10H2,1-2H3. The second-order valence-electron chi connectivity index (χ2n) is 6.51. The van der Waals surface area contributed by atoms with Crippen LogP contribution in [0.15, 0.2) is 29.3 Å². The van der Waals surface area contributed by atoms with E-state index >= 15 is 0 Å². The molecule has 0 bridgehead atoms. The van der Waals surface area contributed by atoms with Crippen LogP contribution in [-0.2, 0) is 23.5 Å². The topological polar surface area (TPSA) is 76.9 Å². The maximum absolute atomic E-state index is 12.1. The molecule has 6 nitrogen and oxygen atoms in total. The van der Waals surface area contributed by atoms with E-state index in [1.54, 1.807) is 16.8 Å². The van der Waals surface area contributed by atoms with Crippen molar-refractivity contribution < 1.29 is 8.42 Å². The number of aryl methyl sites for hydroxylation is 1. The minimum Gasteiger partial charge on any atom is -0.255 e. The minimum atomic E-state index is -3.48. The third-order valence-electron chi connectivity index (χ3n) is 4.77. The summed E-state index contributed by atoms with van der Waals surface area (Å²) in [5.41, 5.74) is 2.74. The normalized spacial score (nSPS) is 16.4. The molecule has 7 heteroatoms. The van der Waals surface area contributed by atoms with E-state index in [0.717, 1.165) is 23.2 Å². The van der Waals surface area contributed by atoms with Crippen molar-refractivity contribution in [3.05, 3.63) is 30.0 Å². The van der Waals surface area contributed by atoms with E-state index in [9.17, 15) is 8.42 Å². The van der Waals surface area contributed by atoms with Gasteiger partial charge in [-0.1, -0.05) is 43.4 Å². The van der Waals surface area contributed by atoms with Crippen molar-refractivity contribution in [1.82, 2.24) is 19.7 Å². The van der Waals surface area contributed by atoms with Crippen LogP contribution >= 0.6 is 0 Å². The molecular formula is C17H24N4O2S. The van der Waals surface area contributed by atoms with Gasteiger partial charge in [0.25, 0.3) is 0 Å². The Kier molecular flexibility index (Phi) is 5.01. The zero-order chi connectivity index (χ0) is 17.2. The molecule has 0 saturated heterocycles. The number of benzene rings is 1. The molecule has 0 aliphatic heterocycles. The Bertz CT molecular complexity index is 808. The Morgan fingerprint density at radius 3 is 2.62 bits per heavy atom. The molecule has 0 amide bonds. The van der Waals surface area contributed by atoms with Crippen LogP contribution in [0.1, 0.15) is 37.7 Å². The SMILES string of the molecule is CNS(=O)(=O)c1ccc(CC2CCCCC2)c(-c2cn(C)nn2)c1. The van der Waals surface area contributed by atoms with Crippen LogP contribution < -0.4 is 4.72 Å². The highest BCUT2D eigenvalue weighted by Crippen LogP contribution is 2.32. The lowest BCUT2D eigenvalue weighted by Crippen LogP contribution is -2.19. The number of nitrogens with zero attached hydrogens (tertiary/aromatic N) is 3. The van der Waals surface area contributed by atoms with Gasteiger partial charge in [-0.3, -0.25) is 4.68 Å². The summed E-state index contributed by atoms with van der Waals surface area (Å²) < 4.78 is 28.3. The Balaban J connectivity index is 2.00. The monoisotopic (exact) mass is 348 g/mol. The number of rotatable bonds is 5. The first-order valence-electron chi connectivity index (χ1n) is 8.43. The lowest BCUT2D eigenvalue weighted by Gasteiger charge is -2.22. The molecule has 1 aromatic carbocycles. The van der Waals surface area contributed by atoms with Gasteiger partial charge >= 0.3 is 0 Å². The number of sulfonamides is 1. The predicted molar refractivity (Wildman–Crippen MR) is 93.0 cm³/mol. The average molecular weight is 348 g/mol. The summed E-state index contributed by atoms with van der Waals surface area (Å²) in [4.78, 5) is 0.262. The van der Waals surface area contributed by atoms with Crippen molar-refractivity contribution in [3.8, 4) is 11.3 Å². The van der Waals surface area contributed by atoms with Gasteiger partial charge < -0.3 is 0 Å². The highest BCUT2D eigenvalue weighted by molar-refractivity contribution is 7.89. The van der Waals surface area contributed by atoms with E-state index in [0.29, 0.717) is 5.92 Å². The van der Waals surface area contributed by atoms with Gasteiger partial charge in [-0.25, -0.2) is 13.1 Å². The molecule has 1 aliphatic rings. The summed E-state index contributed by atoms with van der Waals surface area (Å²) in [6.07, 6.45) is 9.19. The largest absolute Gasteiger partial charge is 0.255 e. The molecule has 1 aliphatic carbocycles. The van der Waals surface area contributed by atoms with Gasteiger partial charge in [0.1, 0.15) is 5.69 Å². The number of hydrogen-bond acceptors (Lipinski definition) is 4. The quantitative estimate of drug-likeness (QED) is 0.901. The highest BCUT2D eigenvalue weighted by atomic mass is 32.2. The third kappa shape index (κ3) is 3.67. The summed E-state index contributed by atoms with van der Waals surface area (Å²) in [6.45, 7) is 0. The second kappa shape index (κ2) is 7.03. The maximum Gasteiger partial charge on any atom is 0.240 e. The van der Waals surface area contributed by atoms with E-state index in [4.69, 9.17) is 0 Å². The molecule has 24 heavy (non-hydrogen) atoms. The number of nitrogens with one attached hydrogen (secondary N) is 1. The first-order chi connectivity index (χ1) is 11.5.